The average Bonchev–Trinajstić information content (AvgIpc) is 3.22. The molecule has 3 aliphatic rings. The van der Waals surface area contributed by atoms with Crippen molar-refractivity contribution in [1.29, 1.82) is 0 Å². The Balaban J connectivity index is 1.70. The van der Waals surface area contributed by atoms with Crippen LogP contribution < -0.4 is 0 Å². The van der Waals surface area contributed by atoms with Crippen molar-refractivity contribution >= 4 is 17.8 Å². The van der Waals surface area contributed by atoms with E-state index in [2.05, 4.69) is 0 Å². The van der Waals surface area contributed by atoms with Gasteiger partial charge in [-0.05, 0) is 43.2 Å². The topological polar surface area (TPSA) is 87.8 Å². The summed E-state index contributed by atoms with van der Waals surface area (Å²) < 4.78 is 5.29. The smallest absolute Gasteiger partial charge is 0.305 e. The summed E-state index contributed by atoms with van der Waals surface area (Å²) in [5.74, 6) is -1.000. The van der Waals surface area contributed by atoms with Crippen molar-refractivity contribution in [3.8, 4) is 0 Å². The van der Waals surface area contributed by atoms with E-state index in [9.17, 15) is 14.4 Å². The average molecular weight is 303 g/mol. The van der Waals surface area contributed by atoms with E-state index in [0.717, 1.165) is 19.3 Å². The summed E-state index contributed by atoms with van der Waals surface area (Å²) in [5, 5.41) is 9.14. The summed E-state index contributed by atoms with van der Waals surface area (Å²) >= 11 is 0. The summed E-state index contributed by atoms with van der Waals surface area (Å²) in [7, 11) is 0. The molecule has 2 amide bonds. The number of hydrogen-bond acceptors (Lipinski definition) is 4. The Bertz CT molecular complexity index is 609. The standard InChI is InChI=1S/C16H17NO5/c18-12(19)7-10(11-2-1-5-22-11)17-15(20)13-8-3-4-9(6-8)14(13)16(17)21/h1-2,5,8-10,13-14H,3-4,6-7H2,(H,18,19)/t8-,9+,10-,13-,14-/m0/s1. The molecule has 1 aromatic rings. The highest BCUT2D eigenvalue weighted by molar-refractivity contribution is 6.06. The maximum absolute atomic E-state index is 12.8. The maximum Gasteiger partial charge on any atom is 0.305 e. The summed E-state index contributed by atoms with van der Waals surface area (Å²) in [5.41, 5.74) is 0. The zero-order chi connectivity index (χ0) is 15.4. The number of carbonyl (C=O) groups is 3. The molecule has 0 aromatic carbocycles. The number of hydrogen-bond donors (Lipinski definition) is 1. The van der Waals surface area contributed by atoms with Gasteiger partial charge in [-0.15, -0.1) is 0 Å². The minimum atomic E-state index is -1.05. The van der Waals surface area contributed by atoms with E-state index in [0.29, 0.717) is 17.6 Å². The van der Waals surface area contributed by atoms with Gasteiger partial charge in [-0.25, -0.2) is 0 Å². The van der Waals surface area contributed by atoms with Gasteiger partial charge in [0.15, 0.2) is 0 Å². The highest BCUT2D eigenvalue weighted by Crippen LogP contribution is 2.57. The van der Waals surface area contributed by atoms with E-state index >= 15 is 0 Å². The second kappa shape index (κ2) is 4.69. The Morgan fingerprint density at radius 3 is 2.41 bits per heavy atom. The lowest BCUT2D eigenvalue weighted by molar-refractivity contribution is -0.147. The van der Waals surface area contributed by atoms with Crippen LogP contribution in [0.15, 0.2) is 22.8 Å². The Hall–Kier alpha value is -2.11. The predicted molar refractivity (Wildman–Crippen MR) is 73.4 cm³/mol. The van der Waals surface area contributed by atoms with E-state index in [1.807, 2.05) is 0 Å². The van der Waals surface area contributed by atoms with Gasteiger partial charge in [0.2, 0.25) is 11.8 Å². The minimum Gasteiger partial charge on any atom is -0.481 e. The molecule has 3 fully saturated rings. The summed E-state index contributed by atoms with van der Waals surface area (Å²) in [6, 6.07) is 2.42. The van der Waals surface area contributed by atoms with E-state index < -0.39 is 12.0 Å². The van der Waals surface area contributed by atoms with E-state index in [4.69, 9.17) is 9.52 Å². The third-order valence-corrected chi connectivity index (χ3v) is 5.51. The first-order valence-electron chi connectivity index (χ1n) is 7.70. The van der Waals surface area contributed by atoms with Gasteiger partial charge < -0.3 is 9.52 Å². The molecule has 5 atom stereocenters. The number of aliphatic carboxylic acids is 1. The lowest BCUT2D eigenvalue weighted by Gasteiger charge is -2.25. The van der Waals surface area contributed by atoms with E-state index in [-0.39, 0.29) is 30.1 Å². The largest absolute Gasteiger partial charge is 0.481 e. The monoisotopic (exact) mass is 303 g/mol. The van der Waals surface area contributed by atoms with Crippen LogP contribution in [0.2, 0.25) is 0 Å². The molecule has 6 nitrogen and oxygen atoms in total. The molecule has 116 valence electrons. The fourth-order valence-corrected chi connectivity index (χ4v) is 4.70. The number of nitrogens with zero attached hydrogens (tertiary/aromatic N) is 1. The van der Waals surface area contributed by atoms with Crippen LogP contribution in [0.3, 0.4) is 0 Å². The number of carbonyl (C=O) groups excluding carboxylic acids is 2. The predicted octanol–water partition coefficient (Wildman–Crippen LogP) is 1.83. The minimum absolute atomic E-state index is 0.204. The fraction of sp³-hybridized carbons (Fsp3) is 0.562. The number of carboxylic acids is 1. The third kappa shape index (κ3) is 1.76. The molecule has 1 aliphatic heterocycles. The molecule has 2 saturated carbocycles. The summed E-state index contributed by atoms with van der Waals surface area (Å²) in [6.07, 6.45) is 4.08. The van der Waals surface area contributed by atoms with Gasteiger partial charge in [-0.3, -0.25) is 19.3 Å². The Labute approximate surface area is 127 Å². The summed E-state index contributed by atoms with van der Waals surface area (Å²) in [4.78, 5) is 37.9. The van der Waals surface area contributed by atoms with Crippen LogP contribution in [-0.2, 0) is 14.4 Å². The lowest BCUT2D eigenvalue weighted by atomic mass is 9.81. The van der Waals surface area contributed by atoms with Gasteiger partial charge in [0, 0.05) is 0 Å². The van der Waals surface area contributed by atoms with E-state index in [1.165, 1.54) is 11.2 Å². The van der Waals surface area contributed by atoms with Gasteiger partial charge in [-0.2, -0.15) is 0 Å². The quantitative estimate of drug-likeness (QED) is 0.857. The Kier molecular flexibility index (Phi) is 2.89. The molecule has 22 heavy (non-hydrogen) atoms. The molecule has 2 aliphatic carbocycles. The van der Waals surface area contributed by atoms with Crippen molar-refractivity contribution in [3.05, 3.63) is 24.2 Å². The van der Waals surface area contributed by atoms with Gasteiger partial charge in [-0.1, -0.05) is 0 Å². The second-order valence-electron chi connectivity index (χ2n) is 6.56. The number of imide groups is 1. The molecular weight excluding hydrogens is 286 g/mol. The Morgan fingerprint density at radius 1 is 1.27 bits per heavy atom. The van der Waals surface area contributed by atoms with Crippen molar-refractivity contribution in [2.75, 3.05) is 0 Å². The van der Waals surface area contributed by atoms with Gasteiger partial charge >= 0.3 is 5.97 Å². The number of likely N-dealkylation sites (tertiary alicyclic amines) is 1. The van der Waals surface area contributed by atoms with Crippen LogP contribution in [-0.4, -0.2) is 27.8 Å². The van der Waals surface area contributed by atoms with Gasteiger partial charge in [0.05, 0.1) is 24.5 Å². The van der Waals surface area contributed by atoms with Crippen molar-refractivity contribution in [2.24, 2.45) is 23.7 Å². The first-order chi connectivity index (χ1) is 10.6. The first-order valence-corrected chi connectivity index (χ1v) is 7.70. The highest BCUT2D eigenvalue weighted by atomic mass is 16.4. The molecule has 0 radical (unpaired) electrons. The van der Waals surface area contributed by atoms with Crippen molar-refractivity contribution in [1.82, 2.24) is 4.90 Å². The molecule has 0 unspecified atom stereocenters. The number of amides is 2. The third-order valence-electron chi connectivity index (χ3n) is 5.51. The van der Waals surface area contributed by atoms with Crippen molar-refractivity contribution in [2.45, 2.75) is 31.7 Å². The Morgan fingerprint density at radius 2 is 1.91 bits per heavy atom. The molecule has 2 heterocycles. The maximum atomic E-state index is 12.8. The van der Waals surface area contributed by atoms with Crippen LogP contribution in [0.5, 0.6) is 0 Å². The van der Waals surface area contributed by atoms with Gasteiger partial charge in [0.25, 0.3) is 0 Å². The molecule has 1 N–H and O–H groups in total. The number of carboxylic acid groups (broad SMARTS) is 1. The first kappa shape index (κ1) is 13.5. The van der Waals surface area contributed by atoms with E-state index in [1.54, 1.807) is 12.1 Å². The van der Waals surface area contributed by atoms with Crippen LogP contribution in [0.25, 0.3) is 0 Å². The number of fused-ring (bicyclic) bond motifs is 5. The molecule has 6 heteroatoms. The van der Waals surface area contributed by atoms with Gasteiger partial charge in [0.1, 0.15) is 11.8 Å². The zero-order valence-electron chi connectivity index (χ0n) is 12.0. The lowest BCUT2D eigenvalue weighted by Crippen LogP contribution is -2.37. The van der Waals surface area contributed by atoms with Crippen molar-refractivity contribution in [3.63, 3.8) is 0 Å². The molecule has 2 bridgehead atoms. The zero-order valence-corrected chi connectivity index (χ0v) is 12.0. The normalized spacial score (nSPS) is 34.3. The summed E-state index contributed by atoms with van der Waals surface area (Å²) in [6.45, 7) is 0. The molecular formula is C16H17NO5. The number of rotatable bonds is 4. The SMILES string of the molecule is O=C(O)C[C@@H](c1ccco1)N1C(=O)[C@H]2[C@@H]3CC[C@@H](C3)[C@@H]2C1=O. The van der Waals surface area contributed by atoms with Crippen LogP contribution >= 0.6 is 0 Å². The van der Waals surface area contributed by atoms with Crippen molar-refractivity contribution < 1.29 is 23.9 Å². The number of furan rings is 1. The van der Waals surface area contributed by atoms with Crippen LogP contribution in [0.1, 0.15) is 37.5 Å². The molecule has 0 spiro atoms. The van der Waals surface area contributed by atoms with Crippen LogP contribution in [0.4, 0.5) is 0 Å². The second-order valence-corrected chi connectivity index (χ2v) is 6.56. The highest BCUT2D eigenvalue weighted by Gasteiger charge is 2.62. The van der Waals surface area contributed by atoms with Crippen LogP contribution in [0, 0.1) is 23.7 Å². The molecule has 4 rings (SSSR count). The molecule has 1 saturated heterocycles. The fourth-order valence-electron chi connectivity index (χ4n) is 4.70. The molecule has 1 aromatic heterocycles.